The SMILES string of the molecule is CC/C=C\C/C=C\C/C=C\C/C=C\C/C=C\CCCCCCCC(=O)OCC(COC(=O)CCCCCCCCCCCCCCC)OC(=O)CCCCCCC/C=C\C/C=C\CCCCCC. The number of hydrogen-bond acceptors (Lipinski definition) is 6. The molecular weight excluding hydrogens is 841 g/mol. The van der Waals surface area contributed by atoms with Crippen LogP contribution in [0.25, 0.3) is 0 Å². The molecule has 0 bridgehead atoms. The van der Waals surface area contributed by atoms with Gasteiger partial charge in [-0.25, -0.2) is 0 Å². The zero-order valence-electron chi connectivity index (χ0n) is 44.6. The first-order valence-corrected chi connectivity index (χ1v) is 28.6. The molecule has 0 amide bonds. The monoisotopic (exact) mass is 947 g/mol. The number of ether oxygens (including phenoxy) is 3. The van der Waals surface area contributed by atoms with Gasteiger partial charge in [-0.15, -0.1) is 0 Å². The number of allylic oxidation sites excluding steroid dienone is 14. The summed E-state index contributed by atoms with van der Waals surface area (Å²) in [5, 5.41) is 0. The molecule has 1 unspecified atom stereocenters. The van der Waals surface area contributed by atoms with Gasteiger partial charge < -0.3 is 14.2 Å². The van der Waals surface area contributed by atoms with Gasteiger partial charge in [0, 0.05) is 19.3 Å². The van der Waals surface area contributed by atoms with Gasteiger partial charge in [-0.2, -0.15) is 0 Å². The molecule has 0 aliphatic carbocycles. The van der Waals surface area contributed by atoms with Gasteiger partial charge in [-0.3, -0.25) is 14.4 Å². The summed E-state index contributed by atoms with van der Waals surface area (Å²) in [6.07, 6.45) is 72.8. The summed E-state index contributed by atoms with van der Waals surface area (Å²) in [4.78, 5) is 38.1. The van der Waals surface area contributed by atoms with E-state index < -0.39 is 6.10 Å². The van der Waals surface area contributed by atoms with Crippen LogP contribution in [0.3, 0.4) is 0 Å². The summed E-state index contributed by atoms with van der Waals surface area (Å²) in [6, 6.07) is 0. The van der Waals surface area contributed by atoms with Crippen LogP contribution in [-0.2, 0) is 28.6 Å². The predicted octanol–water partition coefficient (Wildman–Crippen LogP) is 19.2. The van der Waals surface area contributed by atoms with Crippen molar-refractivity contribution in [2.24, 2.45) is 0 Å². The van der Waals surface area contributed by atoms with Gasteiger partial charge in [0.05, 0.1) is 0 Å². The van der Waals surface area contributed by atoms with E-state index in [1.54, 1.807) is 0 Å². The molecule has 0 saturated carbocycles. The summed E-state index contributed by atoms with van der Waals surface area (Å²) in [6.45, 7) is 6.49. The maximum absolute atomic E-state index is 12.8. The van der Waals surface area contributed by atoms with E-state index in [4.69, 9.17) is 14.2 Å². The Hall–Kier alpha value is -3.41. The third-order valence-electron chi connectivity index (χ3n) is 12.1. The lowest BCUT2D eigenvalue weighted by Crippen LogP contribution is -2.30. The second-order valence-corrected chi connectivity index (χ2v) is 18.8. The molecule has 0 N–H and O–H groups in total. The molecule has 0 heterocycles. The van der Waals surface area contributed by atoms with Crippen LogP contribution in [-0.4, -0.2) is 37.2 Å². The molecule has 0 rings (SSSR count). The van der Waals surface area contributed by atoms with Crippen LogP contribution in [0, 0.1) is 0 Å². The highest BCUT2D eigenvalue weighted by atomic mass is 16.6. The molecule has 6 heteroatoms. The number of esters is 3. The topological polar surface area (TPSA) is 78.9 Å². The van der Waals surface area contributed by atoms with Crippen molar-refractivity contribution in [3.8, 4) is 0 Å². The fraction of sp³-hybridized carbons (Fsp3) is 0.726. The van der Waals surface area contributed by atoms with Gasteiger partial charge in [0.2, 0.25) is 0 Å². The quantitative estimate of drug-likeness (QED) is 0.0262. The highest BCUT2D eigenvalue weighted by Crippen LogP contribution is 2.15. The van der Waals surface area contributed by atoms with Gasteiger partial charge in [0.15, 0.2) is 6.10 Å². The normalized spacial score (nSPS) is 12.7. The van der Waals surface area contributed by atoms with E-state index in [9.17, 15) is 14.4 Å². The Morgan fingerprint density at radius 3 is 0.912 bits per heavy atom. The number of rotatable bonds is 51. The Morgan fingerprint density at radius 1 is 0.309 bits per heavy atom. The molecule has 0 radical (unpaired) electrons. The van der Waals surface area contributed by atoms with Crippen molar-refractivity contribution in [3.05, 3.63) is 85.1 Å². The second-order valence-electron chi connectivity index (χ2n) is 18.8. The molecule has 68 heavy (non-hydrogen) atoms. The van der Waals surface area contributed by atoms with Crippen molar-refractivity contribution in [3.63, 3.8) is 0 Å². The van der Waals surface area contributed by atoms with Gasteiger partial charge in [-0.05, 0) is 96.3 Å². The highest BCUT2D eigenvalue weighted by molar-refractivity contribution is 5.71. The fourth-order valence-electron chi connectivity index (χ4n) is 7.85. The molecule has 0 saturated heterocycles. The number of hydrogen-bond donors (Lipinski definition) is 0. The molecule has 390 valence electrons. The first kappa shape index (κ1) is 64.6. The van der Waals surface area contributed by atoms with Crippen LogP contribution in [0.1, 0.15) is 271 Å². The first-order valence-electron chi connectivity index (χ1n) is 28.6. The molecule has 0 spiro atoms. The standard InChI is InChI=1S/C62H106O6/c1-4-7-10-13-16-19-22-25-27-29-30-31-32-33-35-37-40-43-46-49-52-55-61(64)67-58-59(57-66-60(63)54-51-48-45-42-39-36-24-21-18-15-12-9-6-3)68-62(65)56-53-50-47-44-41-38-34-28-26-23-20-17-14-11-8-5-2/h7,10,16,19-20,23,25,27-28,30-31,33-35,59H,4-6,8-9,11-15,17-18,21-22,24,26,29,32,36-58H2,1-3H3/b10-7-,19-16-,23-20-,27-25-,31-30-,34-28-,35-33-. The molecular formula is C62H106O6. The fourth-order valence-corrected chi connectivity index (χ4v) is 7.85. The van der Waals surface area contributed by atoms with E-state index in [-0.39, 0.29) is 31.1 Å². The minimum Gasteiger partial charge on any atom is -0.462 e. The maximum Gasteiger partial charge on any atom is 0.306 e. The Morgan fingerprint density at radius 2 is 0.574 bits per heavy atom. The van der Waals surface area contributed by atoms with E-state index in [0.717, 1.165) is 135 Å². The predicted molar refractivity (Wildman–Crippen MR) is 293 cm³/mol. The minimum absolute atomic E-state index is 0.0869. The lowest BCUT2D eigenvalue weighted by atomic mass is 10.0. The van der Waals surface area contributed by atoms with Crippen molar-refractivity contribution < 1.29 is 28.6 Å². The first-order chi connectivity index (χ1) is 33.5. The Bertz CT molecular complexity index is 1320. The lowest BCUT2D eigenvalue weighted by molar-refractivity contribution is -0.167. The van der Waals surface area contributed by atoms with E-state index in [1.165, 1.54) is 96.3 Å². The van der Waals surface area contributed by atoms with Crippen LogP contribution in [0.15, 0.2) is 85.1 Å². The Labute approximate surface area is 420 Å². The van der Waals surface area contributed by atoms with E-state index >= 15 is 0 Å². The third-order valence-corrected chi connectivity index (χ3v) is 12.1. The molecule has 0 aromatic heterocycles. The second kappa shape index (κ2) is 56.2. The van der Waals surface area contributed by atoms with Crippen LogP contribution in [0.2, 0.25) is 0 Å². The zero-order valence-corrected chi connectivity index (χ0v) is 44.6. The van der Waals surface area contributed by atoms with Crippen molar-refractivity contribution in [2.75, 3.05) is 13.2 Å². The van der Waals surface area contributed by atoms with Gasteiger partial charge in [0.25, 0.3) is 0 Å². The van der Waals surface area contributed by atoms with E-state index in [0.29, 0.717) is 19.3 Å². The number of carbonyl (C=O) groups excluding carboxylic acids is 3. The molecule has 1 atom stereocenters. The van der Waals surface area contributed by atoms with Crippen molar-refractivity contribution in [2.45, 2.75) is 277 Å². The maximum atomic E-state index is 12.8. The van der Waals surface area contributed by atoms with Crippen LogP contribution >= 0.6 is 0 Å². The van der Waals surface area contributed by atoms with E-state index in [1.807, 2.05) is 0 Å². The van der Waals surface area contributed by atoms with E-state index in [2.05, 4.69) is 106 Å². The van der Waals surface area contributed by atoms with Gasteiger partial charge in [-0.1, -0.05) is 241 Å². The minimum atomic E-state index is -0.791. The Kier molecular flexibility index (Phi) is 53.4. The molecule has 0 aromatic carbocycles. The Balaban J connectivity index is 4.42. The summed E-state index contributed by atoms with van der Waals surface area (Å²) >= 11 is 0. The van der Waals surface area contributed by atoms with Crippen LogP contribution in [0.4, 0.5) is 0 Å². The number of carbonyl (C=O) groups is 3. The van der Waals surface area contributed by atoms with Crippen molar-refractivity contribution in [1.29, 1.82) is 0 Å². The molecule has 0 aromatic rings. The summed E-state index contributed by atoms with van der Waals surface area (Å²) < 4.78 is 16.8. The summed E-state index contributed by atoms with van der Waals surface area (Å²) in [7, 11) is 0. The third kappa shape index (κ3) is 53.5. The number of unbranched alkanes of at least 4 members (excludes halogenated alkanes) is 26. The van der Waals surface area contributed by atoms with Crippen molar-refractivity contribution in [1.82, 2.24) is 0 Å². The average molecular weight is 948 g/mol. The average Bonchev–Trinajstić information content (AvgIpc) is 3.34. The largest absolute Gasteiger partial charge is 0.462 e. The molecule has 0 aliphatic heterocycles. The van der Waals surface area contributed by atoms with Crippen LogP contribution < -0.4 is 0 Å². The van der Waals surface area contributed by atoms with Gasteiger partial charge >= 0.3 is 17.9 Å². The molecule has 6 nitrogen and oxygen atoms in total. The van der Waals surface area contributed by atoms with Crippen LogP contribution in [0.5, 0.6) is 0 Å². The highest BCUT2D eigenvalue weighted by Gasteiger charge is 2.19. The molecule has 0 fully saturated rings. The zero-order chi connectivity index (χ0) is 49.3. The molecule has 0 aliphatic rings. The lowest BCUT2D eigenvalue weighted by Gasteiger charge is -2.18. The smallest absolute Gasteiger partial charge is 0.306 e. The van der Waals surface area contributed by atoms with Gasteiger partial charge in [0.1, 0.15) is 13.2 Å². The van der Waals surface area contributed by atoms with Crippen molar-refractivity contribution >= 4 is 17.9 Å². The summed E-state index contributed by atoms with van der Waals surface area (Å²) in [5.74, 6) is -0.914. The summed E-state index contributed by atoms with van der Waals surface area (Å²) in [5.41, 5.74) is 0.